The van der Waals surface area contributed by atoms with Gasteiger partial charge in [0.15, 0.2) is 16.6 Å². The van der Waals surface area contributed by atoms with Crippen LogP contribution in [0.2, 0.25) is 0 Å². The minimum Gasteiger partial charge on any atom is -0.487 e. The van der Waals surface area contributed by atoms with Crippen LogP contribution < -0.4 is 15.9 Å². The van der Waals surface area contributed by atoms with Crippen LogP contribution >= 0.6 is 11.5 Å². The summed E-state index contributed by atoms with van der Waals surface area (Å²) in [6.45, 7) is 6.63. The number of hydrazine groups is 1. The standard InChI is InChI=1S/C10H19N5OS/c1-3-16-8-9(11)13-17-10(8)12-15-6-4-14(2)5-7-15/h12H,3-7H2,1-2H3,(H2,11,13). The van der Waals surface area contributed by atoms with Gasteiger partial charge in [-0.1, -0.05) is 0 Å². The molecule has 0 spiro atoms. The number of aromatic nitrogens is 1. The number of ether oxygens (including phenoxy) is 1. The van der Waals surface area contributed by atoms with E-state index in [-0.39, 0.29) is 0 Å². The lowest BCUT2D eigenvalue weighted by molar-refractivity contribution is 0.179. The summed E-state index contributed by atoms with van der Waals surface area (Å²) in [7, 11) is 2.13. The number of hydrogen-bond acceptors (Lipinski definition) is 7. The number of piperazine rings is 1. The number of likely N-dealkylation sites (N-methyl/N-ethyl adjacent to an activating group) is 1. The Morgan fingerprint density at radius 2 is 2.12 bits per heavy atom. The summed E-state index contributed by atoms with van der Waals surface area (Å²) in [5, 5.41) is 3.07. The third-order valence-electron chi connectivity index (χ3n) is 2.73. The highest BCUT2D eigenvalue weighted by Crippen LogP contribution is 2.35. The van der Waals surface area contributed by atoms with E-state index < -0.39 is 0 Å². The number of nitrogens with two attached hydrogens (primary N) is 1. The summed E-state index contributed by atoms with van der Waals surface area (Å²) in [4.78, 5) is 2.31. The molecule has 0 atom stereocenters. The lowest BCUT2D eigenvalue weighted by Crippen LogP contribution is -2.46. The molecule has 1 aromatic heterocycles. The fourth-order valence-electron chi connectivity index (χ4n) is 1.71. The number of anilines is 2. The molecule has 0 radical (unpaired) electrons. The van der Waals surface area contributed by atoms with Gasteiger partial charge in [0, 0.05) is 26.2 Å². The Kier molecular flexibility index (Phi) is 4.03. The monoisotopic (exact) mass is 257 g/mol. The molecule has 1 aliphatic heterocycles. The topological polar surface area (TPSA) is 66.7 Å². The Morgan fingerprint density at radius 3 is 2.76 bits per heavy atom. The van der Waals surface area contributed by atoms with Crippen molar-refractivity contribution in [2.24, 2.45) is 0 Å². The van der Waals surface area contributed by atoms with Gasteiger partial charge in [-0.25, -0.2) is 5.01 Å². The van der Waals surface area contributed by atoms with Gasteiger partial charge in [0.2, 0.25) is 0 Å². The Morgan fingerprint density at radius 1 is 1.41 bits per heavy atom. The van der Waals surface area contributed by atoms with Crippen molar-refractivity contribution in [1.29, 1.82) is 0 Å². The van der Waals surface area contributed by atoms with Gasteiger partial charge in [0.1, 0.15) is 0 Å². The minimum atomic E-state index is 0.466. The van der Waals surface area contributed by atoms with Crippen LogP contribution in [-0.2, 0) is 0 Å². The minimum absolute atomic E-state index is 0.466. The summed E-state index contributed by atoms with van der Waals surface area (Å²) in [6.07, 6.45) is 0. The highest BCUT2D eigenvalue weighted by atomic mass is 32.1. The molecule has 1 saturated heterocycles. The highest BCUT2D eigenvalue weighted by Gasteiger charge is 2.18. The first-order valence-corrected chi connectivity index (χ1v) is 6.56. The second-order valence-corrected chi connectivity index (χ2v) is 4.83. The van der Waals surface area contributed by atoms with Gasteiger partial charge in [-0.15, -0.1) is 0 Å². The van der Waals surface area contributed by atoms with Gasteiger partial charge in [0.05, 0.1) is 6.61 Å². The second-order valence-electron chi connectivity index (χ2n) is 4.06. The lowest BCUT2D eigenvalue weighted by Gasteiger charge is -2.32. The first-order valence-electron chi connectivity index (χ1n) is 5.78. The molecule has 7 heteroatoms. The van der Waals surface area contributed by atoms with Crippen molar-refractivity contribution in [1.82, 2.24) is 14.3 Å². The molecule has 0 aliphatic carbocycles. The van der Waals surface area contributed by atoms with Crippen molar-refractivity contribution < 1.29 is 4.74 Å². The fraction of sp³-hybridized carbons (Fsp3) is 0.700. The Hall–Kier alpha value is -1.05. The Balaban J connectivity index is 1.98. The number of hydrogen-bond donors (Lipinski definition) is 2. The zero-order chi connectivity index (χ0) is 12.3. The molecule has 1 fully saturated rings. The van der Waals surface area contributed by atoms with Crippen LogP contribution in [-0.4, -0.2) is 54.1 Å². The molecule has 0 saturated carbocycles. The summed E-state index contributed by atoms with van der Waals surface area (Å²) in [5.74, 6) is 1.14. The van der Waals surface area contributed by atoms with E-state index in [9.17, 15) is 0 Å². The maximum absolute atomic E-state index is 5.76. The molecule has 96 valence electrons. The molecule has 0 bridgehead atoms. The van der Waals surface area contributed by atoms with Crippen molar-refractivity contribution in [3.63, 3.8) is 0 Å². The van der Waals surface area contributed by atoms with Crippen LogP contribution in [0, 0.1) is 0 Å². The molecule has 17 heavy (non-hydrogen) atoms. The number of rotatable bonds is 4. The first kappa shape index (κ1) is 12.4. The molecule has 2 rings (SSSR count). The van der Waals surface area contributed by atoms with E-state index in [0.717, 1.165) is 31.2 Å². The Bertz CT molecular complexity index is 362. The summed E-state index contributed by atoms with van der Waals surface area (Å²) < 4.78 is 9.60. The number of nitrogen functional groups attached to an aromatic ring is 1. The van der Waals surface area contributed by atoms with E-state index in [4.69, 9.17) is 10.5 Å². The molecule has 0 aromatic carbocycles. The molecule has 0 amide bonds. The number of nitrogens with zero attached hydrogens (tertiary/aromatic N) is 3. The van der Waals surface area contributed by atoms with Crippen LogP contribution in [0.5, 0.6) is 5.75 Å². The maximum atomic E-state index is 5.76. The van der Waals surface area contributed by atoms with Crippen LogP contribution in [0.3, 0.4) is 0 Å². The first-order chi connectivity index (χ1) is 8.20. The average Bonchev–Trinajstić information content (AvgIpc) is 2.65. The van der Waals surface area contributed by atoms with Gasteiger partial charge < -0.3 is 20.8 Å². The van der Waals surface area contributed by atoms with Crippen LogP contribution in [0.15, 0.2) is 0 Å². The van der Waals surface area contributed by atoms with Gasteiger partial charge in [-0.2, -0.15) is 4.37 Å². The zero-order valence-electron chi connectivity index (χ0n) is 10.3. The normalized spacial score (nSPS) is 18.2. The smallest absolute Gasteiger partial charge is 0.198 e. The Labute approximate surface area is 105 Å². The van der Waals surface area contributed by atoms with Gasteiger partial charge in [0.25, 0.3) is 0 Å². The van der Waals surface area contributed by atoms with E-state index in [1.54, 1.807) is 0 Å². The lowest BCUT2D eigenvalue weighted by atomic mass is 10.4. The van der Waals surface area contributed by atoms with Crippen molar-refractivity contribution in [3.05, 3.63) is 0 Å². The number of nitrogens with one attached hydrogen (secondary N) is 1. The van der Waals surface area contributed by atoms with Crippen LogP contribution in [0.1, 0.15) is 6.92 Å². The predicted octanol–water partition coefficient (Wildman–Crippen LogP) is 0.698. The molecule has 2 heterocycles. The van der Waals surface area contributed by atoms with Gasteiger partial charge in [-0.3, -0.25) is 0 Å². The molecular formula is C10H19N5OS. The van der Waals surface area contributed by atoms with Crippen molar-refractivity contribution in [2.45, 2.75) is 6.92 Å². The second kappa shape index (κ2) is 5.52. The quantitative estimate of drug-likeness (QED) is 0.827. The molecular weight excluding hydrogens is 238 g/mol. The predicted molar refractivity (Wildman–Crippen MR) is 70.4 cm³/mol. The maximum Gasteiger partial charge on any atom is 0.198 e. The van der Waals surface area contributed by atoms with Crippen molar-refractivity contribution in [3.8, 4) is 5.75 Å². The summed E-state index contributed by atoms with van der Waals surface area (Å²) >= 11 is 1.34. The van der Waals surface area contributed by atoms with E-state index >= 15 is 0 Å². The molecule has 1 aromatic rings. The molecule has 6 nitrogen and oxygen atoms in total. The molecule has 3 N–H and O–H groups in total. The van der Waals surface area contributed by atoms with Gasteiger partial charge in [-0.05, 0) is 25.5 Å². The van der Waals surface area contributed by atoms with Crippen molar-refractivity contribution in [2.75, 3.05) is 51.0 Å². The third-order valence-corrected chi connectivity index (χ3v) is 3.47. The fourth-order valence-corrected chi connectivity index (χ4v) is 2.40. The average molecular weight is 257 g/mol. The largest absolute Gasteiger partial charge is 0.487 e. The SMILES string of the molecule is CCOc1c(N)nsc1NN1CCN(C)CC1. The van der Waals surface area contributed by atoms with E-state index in [2.05, 4.69) is 26.8 Å². The van der Waals surface area contributed by atoms with Crippen molar-refractivity contribution >= 4 is 22.4 Å². The summed E-state index contributed by atoms with van der Waals surface area (Å²) in [6, 6.07) is 0. The van der Waals surface area contributed by atoms with E-state index in [0.29, 0.717) is 18.2 Å². The van der Waals surface area contributed by atoms with Gasteiger partial charge >= 0.3 is 0 Å². The van der Waals surface area contributed by atoms with E-state index in [1.165, 1.54) is 11.5 Å². The zero-order valence-corrected chi connectivity index (χ0v) is 11.1. The van der Waals surface area contributed by atoms with Crippen LogP contribution in [0.4, 0.5) is 10.8 Å². The molecule has 0 unspecified atom stereocenters. The van der Waals surface area contributed by atoms with E-state index in [1.807, 2.05) is 6.92 Å². The summed E-state index contributed by atoms with van der Waals surface area (Å²) in [5.41, 5.74) is 9.10. The highest BCUT2D eigenvalue weighted by molar-refractivity contribution is 7.11. The van der Waals surface area contributed by atoms with Crippen LogP contribution in [0.25, 0.3) is 0 Å². The molecule has 1 aliphatic rings. The third kappa shape index (κ3) is 2.99.